The number of ether oxygens (including phenoxy) is 1. The van der Waals surface area contributed by atoms with Gasteiger partial charge < -0.3 is 9.64 Å². The van der Waals surface area contributed by atoms with Gasteiger partial charge in [-0.25, -0.2) is 4.98 Å². The van der Waals surface area contributed by atoms with Gasteiger partial charge in [-0.05, 0) is 26.0 Å². The summed E-state index contributed by atoms with van der Waals surface area (Å²) < 4.78 is 5.77. The Labute approximate surface area is 107 Å². The summed E-state index contributed by atoms with van der Waals surface area (Å²) >= 11 is 0. The second kappa shape index (κ2) is 4.53. The minimum Gasteiger partial charge on any atom is -0.372 e. The zero-order valence-electron chi connectivity index (χ0n) is 10.7. The van der Waals surface area contributed by atoms with Crippen LogP contribution in [0.2, 0.25) is 0 Å². The molecule has 3 heterocycles. The number of pyridine rings is 2. The number of hydrogen-bond acceptors (Lipinski definition) is 4. The second-order valence-electron chi connectivity index (χ2n) is 4.89. The summed E-state index contributed by atoms with van der Waals surface area (Å²) in [7, 11) is 0. The number of morpholine rings is 1. The van der Waals surface area contributed by atoms with Gasteiger partial charge in [0.15, 0.2) is 0 Å². The molecular formula is C14H17N3O. The molecule has 0 bridgehead atoms. The molecule has 3 rings (SSSR count). The molecule has 2 aromatic rings. The maximum atomic E-state index is 5.77. The smallest absolute Gasteiger partial charge is 0.136 e. The van der Waals surface area contributed by atoms with E-state index in [9.17, 15) is 0 Å². The van der Waals surface area contributed by atoms with E-state index in [1.54, 1.807) is 0 Å². The zero-order valence-corrected chi connectivity index (χ0v) is 10.7. The van der Waals surface area contributed by atoms with Crippen molar-refractivity contribution < 1.29 is 4.74 Å². The summed E-state index contributed by atoms with van der Waals surface area (Å²) in [6.07, 6.45) is 6.04. The molecule has 0 radical (unpaired) electrons. The molecule has 0 unspecified atom stereocenters. The lowest BCUT2D eigenvalue weighted by molar-refractivity contribution is -0.00536. The van der Waals surface area contributed by atoms with Crippen molar-refractivity contribution in [1.29, 1.82) is 0 Å². The lowest BCUT2D eigenvalue weighted by Gasteiger charge is -2.36. The minimum atomic E-state index is 0.243. The van der Waals surface area contributed by atoms with E-state index in [1.165, 1.54) is 0 Å². The number of nitrogens with zero attached hydrogens (tertiary/aromatic N) is 3. The first-order valence-corrected chi connectivity index (χ1v) is 6.33. The predicted octanol–water partition coefficient (Wildman–Crippen LogP) is 2.24. The molecule has 0 N–H and O–H groups in total. The SMILES string of the molecule is C[C@@H]1CN(c2nccc3cnccc23)C[C@H](C)O1. The molecule has 0 amide bonds. The lowest BCUT2D eigenvalue weighted by atomic mass is 10.1. The van der Waals surface area contributed by atoms with Crippen LogP contribution in [0.5, 0.6) is 0 Å². The normalized spacial score (nSPS) is 24.4. The van der Waals surface area contributed by atoms with E-state index in [4.69, 9.17) is 4.74 Å². The summed E-state index contributed by atoms with van der Waals surface area (Å²) in [5.41, 5.74) is 0. The summed E-state index contributed by atoms with van der Waals surface area (Å²) in [6.45, 7) is 5.99. The number of anilines is 1. The van der Waals surface area contributed by atoms with Gasteiger partial charge >= 0.3 is 0 Å². The molecule has 0 spiro atoms. The van der Waals surface area contributed by atoms with Crippen LogP contribution in [0.25, 0.3) is 10.8 Å². The Balaban J connectivity index is 2.03. The third-order valence-electron chi connectivity index (χ3n) is 3.26. The maximum absolute atomic E-state index is 5.77. The Morgan fingerprint density at radius 1 is 1.17 bits per heavy atom. The monoisotopic (exact) mass is 243 g/mol. The molecule has 0 aromatic carbocycles. The van der Waals surface area contributed by atoms with Crippen molar-refractivity contribution in [3.8, 4) is 0 Å². The standard InChI is InChI=1S/C14H17N3O/c1-10-8-17(9-11(2)18-10)14-13-4-5-15-7-12(13)3-6-16-14/h3-7,10-11H,8-9H2,1-2H3/t10-,11+. The number of hydrogen-bond donors (Lipinski definition) is 0. The van der Waals surface area contributed by atoms with E-state index in [0.717, 1.165) is 29.7 Å². The van der Waals surface area contributed by atoms with Crippen molar-refractivity contribution in [2.24, 2.45) is 0 Å². The summed E-state index contributed by atoms with van der Waals surface area (Å²) in [5.74, 6) is 1.04. The summed E-state index contributed by atoms with van der Waals surface area (Å²) in [5, 5.41) is 2.29. The molecule has 1 aliphatic heterocycles. The molecule has 4 nitrogen and oxygen atoms in total. The number of aromatic nitrogens is 2. The molecule has 2 aromatic heterocycles. The lowest BCUT2D eigenvalue weighted by Crippen LogP contribution is -2.45. The average Bonchev–Trinajstić information content (AvgIpc) is 2.37. The van der Waals surface area contributed by atoms with Crippen molar-refractivity contribution in [1.82, 2.24) is 9.97 Å². The van der Waals surface area contributed by atoms with Crippen molar-refractivity contribution in [3.05, 3.63) is 30.7 Å². The summed E-state index contributed by atoms with van der Waals surface area (Å²) in [6, 6.07) is 4.03. The molecule has 18 heavy (non-hydrogen) atoms. The first kappa shape index (κ1) is 11.4. The van der Waals surface area contributed by atoms with E-state index >= 15 is 0 Å². The largest absolute Gasteiger partial charge is 0.372 e. The Bertz CT molecular complexity index is 542. The van der Waals surface area contributed by atoms with Gasteiger partial charge in [0.1, 0.15) is 5.82 Å². The van der Waals surface area contributed by atoms with E-state index in [0.29, 0.717) is 0 Å². The van der Waals surface area contributed by atoms with Crippen molar-refractivity contribution in [2.45, 2.75) is 26.1 Å². The molecule has 94 valence electrons. The predicted molar refractivity (Wildman–Crippen MR) is 71.8 cm³/mol. The second-order valence-corrected chi connectivity index (χ2v) is 4.89. The molecule has 2 atom stereocenters. The zero-order chi connectivity index (χ0) is 12.5. The Hall–Kier alpha value is -1.68. The van der Waals surface area contributed by atoms with E-state index in [2.05, 4.69) is 28.7 Å². The van der Waals surface area contributed by atoms with Crippen LogP contribution < -0.4 is 4.90 Å². The van der Waals surface area contributed by atoms with Crippen molar-refractivity contribution in [3.63, 3.8) is 0 Å². The Kier molecular flexibility index (Phi) is 2.88. The van der Waals surface area contributed by atoms with Gasteiger partial charge in [0.2, 0.25) is 0 Å². The first-order chi connectivity index (χ1) is 8.74. The third-order valence-corrected chi connectivity index (χ3v) is 3.26. The molecular weight excluding hydrogens is 226 g/mol. The summed E-state index contributed by atoms with van der Waals surface area (Å²) in [4.78, 5) is 11.0. The minimum absolute atomic E-state index is 0.243. The molecule has 1 fully saturated rings. The Morgan fingerprint density at radius 3 is 2.72 bits per heavy atom. The van der Waals surface area contributed by atoms with Gasteiger partial charge in [-0.15, -0.1) is 0 Å². The fourth-order valence-electron chi connectivity index (χ4n) is 2.60. The highest BCUT2D eigenvalue weighted by atomic mass is 16.5. The van der Waals surface area contributed by atoms with Crippen LogP contribution in [-0.4, -0.2) is 35.3 Å². The van der Waals surface area contributed by atoms with Crippen LogP contribution >= 0.6 is 0 Å². The highest BCUT2D eigenvalue weighted by molar-refractivity contribution is 5.91. The van der Waals surface area contributed by atoms with Gasteiger partial charge in [0, 0.05) is 42.5 Å². The van der Waals surface area contributed by atoms with Gasteiger partial charge in [-0.3, -0.25) is 4.98 Å². The average molecular weight is 243 g/mol. The van der Waals surface area contributed by atoms with Crippen LogP contribution in [0.3, 0.4) is 0 Å². The molecule has 1 aliphatic rings. The van der Waals surface area contributed by atoms with Gasteiger partial charge in [0.25, 0.3) is 0 Å². The molecule has 4 heteroatoms. The van der Waals surface area contributed by atoms with Crippen molar-refractivity contribution in [2.75, 3.05) is 18.0 Å². The fraction of sp³-hybridized carbons (Fsp3) is 0.429. The third kappa shape index (κ3) is 2.04. The Morgan fingerprint density at radius 2 is 1.94 bits per heavy atom. The fourth-order valence-corrected chi connectivity index (χ4v) is 2.60. The van der Waals surface area contributed by atoms with Crippen LogP contribution in [0, 0.1) is 0 Å². The van der Waals surface area contributed by atoms with Crippen LogP contribution in [0.1, 0.15) is 13.8 Å². The highest BCUT2D eigenvalue weighted by Crippen LogP contribution is 2.26. The van der Waals surface area contributed by atoms with Gasteiger partial charge in [0.05, 0.1) is 12.2 Å². The topological polar surface area (TPSA) is 38.2 Å². The number of rotatable bonds is 1. The van der Waals surface area contributed by atoms with E-state index < -0.39 is 0 Å². The van der Waals surface area contributed by atoms with Crippen LogP contribution in [-0.2, 0) is 4.74 Å². The van der Waals surface area contributed by atoms with E-state index in [1.807, 2.05) is 30.7 Å². The molecule has 1 saturated heterocycles. The van der Waals surface area contributed by atoms with Crippen LogP contribution in [0.15, 0.2) is 30.7 Å². The molecule has 0 saturated carbocycles. The van der Waals surface area contributed by atoms with Crippen LogP contribution in [0.4, 0.5) is 5.82 Å². The van der Waals surface area contributed by atoms with E-state index in [-0.39, 0.29) is 12.2 Å². The quantitative estimate of drug-likeness (QED) is 0.770. The first-order valence-electron chi connectivity index (χ1n) is 6.33. The molecule has 0 aliphatic carbocycles. The highest BCUT2D eigenvalue weighted by Gasteiger charge is 2.24. The van der Waals surface area contributed by atoms with Crippen molar-refractivity contribution >= 4 is 16.6 Å². The number of fused-ring (bicyclic) bond motifs is 1. The van der Waals surface area contributed by atoms with Gasteiger partial charge in [-0.1, -0.05) is 0 Å². The maximum Gasteiger partial charge on any atom is 0.136 e. The van der Waals surface area contributed by atoms with Gasteiger partial charge in [-0.2, -0.15) is 0 Å².